The molecule has 104 valence electrons. The summed E-state index contributed by atoms with van der Waals surface area (Å²) in [6, 6.07) is 7.67. The van der Waals surface area contributed by atoms with E-state index >= 15 is 0 Å². The van der Waals surface area contributed by atoms with Gasteiger partial charge in [-0.15, -0.1) is 0 Å². The molecule has 0 fully saturated rings. The molecule has 4 nitrogen and oxygen atoms in total. The molecule has 0 aliphatic rings. The molecule has 0 spiro atoms. The van der Waals surface area contributed by atoms with Crippen molar-refractivity contribution in [3.63, 3.8) is 0 Å². The van der Waals surface area contributed by atoms with Crippen molar-refractivity contribution in [3.05, 3.63) is 30.3 Å². The van der Waals surface area contributed by atoms with Gasteiger partial charge in [0.05, 0.1) is 6.42 Å². The standard InChI is InChI=1S/C12H12F3NO3/c13-12(14,15)8-10(17)16(7-6-11(18)19)9-4-2-1-3-5-9/h1-5H,6-8H2,(H,18,19). The van der Waals surface area contributed by atoms with Crippen molar-refractivity contribution in [1.82, 2.24) is 0 Å². The van der Waals surface area contributed by atoms with E-state index in [1.165, 1.54) is 12.1 Å². The molecular formula is C12H12F3NO3. The van der Waals surface area contributed by atoms with Gasteiger partial charge >= 0.3 is 12.1 Å². The summed E-state index contributed by atoms with van der Waals surface area (Å²) in [5.74, 6) is -2.35. The van der Waals surface area contributed by atoms with E-state index in [2.05, 4.69) is 0 Å². The number of rotatable bonds is 5. The molecule has 0 atom stereocenters. The average molecular weight is 275 g/mol. The van der Waals surface area contributed by atoms with Crippen molar-refractivity contribution < 1.29 is 27.9 Å². The lowest BCUT2D eigenvalue weighted by Crippen LogP contribution is -2.35. The number of carboxylic acids is 1. The fourth-order valence-corrected chi connectivity index (χ4v) is 1.48. The van der Waals surface area contributed by atoms with Gasteiger partial charge in [-0.3, -0.25) is 9.59 Å². The number of amides is 1. The Morgan fingerprint density at radius 2 is 1.74 bits per heavy atom. The lowest BCUT2D eigenvalue weighted by atomic mass is 10.2. The number of carbonyl (C=O) groups excluding carboxylic acids is 1. The topological polar surface area (TPSA) is 57.6 Å². The Hall–Kier alpha value is -2.05. The summed E-state index contributed by atoms with van der Waals surface area (Å²) in [7, 11) is 0. The second-order valence-corrected chi connectivity index (χ2v) is 3.82. The number of carboxylic acid groups (broad SMARTS) is 1. The number of halogens is 3. The Balaban J connectivity index is 2.86. The zero-order valence-electron chi connectivity index (χ0n) is 9.85. The highest BCUT2D eigenvalue weighted by Gasteiger charge is 2.34. The van der Waals surface area contributed by atoms with Gasteiger partial charge in [0.2, 0.25) is 5.91 Å². The molecule has 0 aromatic heterocycles. The summed E-state index contributed by atoms with van der Waals surface area (Å²) in [5.41, 5.74) is 0.248. The Morgan fingerprint density at radius 1 is 1.16 bits per heavy atom. The molecule has 0 saturated carbocycles. The fraction of sp³-hybridized carbons (Fsp3) is 0.333. The van der Waals surface area contributed by atoms with Gasteiger partial charge in [0.15, 0.2) is 0 Å². The van der Waals surface area contributed by atoms with Crippen LogP contribution >= 0.6 is 0 Å². The quantitative estimate of drug-likeness (QED) is 0.898. The molecule has 0 aliphatic heterocycles. The highest BCUT2D eigenvalue weighted by Crippen LogP contribution is 2.23. The second-order valence-electron chi connectivity index (χ2n) is 3.82. The van der Waals surface area contributed by atoms with E-state index in [-0.39, 0.29) is 12.2 Å². The maximum atomic E-state index is 12.2. The van der Waals surface area contributed by atoms with Crippen molar-refractivity contribution in [3.8, 4) is 0 Å². The van der Waals surface area contributed by atoms with Crippen molar-refractivity contribution in [2.24, 2.45) is 0 Å². The maximum absolute atomic E-state index is 12.2. The number of carbonyl (C=O) groups is 2. The van der Waals surface area contributed by atoms with Gasteiger partial charge in [-0.1, -0.05) is 18.2 Å². The van der Waals surface area contributed by atoms with E-state index < -0.39 is 30.9 Å². The normalized spacial score (nSPS) is 11.1. The molecule has 1 aromatic rings. The second kappa shape index (κ2) is 6.21. The summed E-state index contributed by atoms with van der Waals surface area (Å²) in [5, 5.41) is 8.56. The van der Waals surface area contributed by atoms with Crippen LogP contribution in [0, 0.1) is 0 Å². The molecule has 1 amide bonds. The van der Waals surface area contributed by atoms with Crippen LogP contribution in [0.5, 0.6) is 0 Å². The monoisotopic (exact) mass is 275 g/mol. The van der Waals surface area contributed by atoms with Crippen LogP contribution in [0.2, 0.25) is 0 Å². The van der Waals surface area contributed by atoms with Gasteiger partial charge < -0.3 is 10.0 Å². The molecule has 0 aliphatic carbocycles. The maximum Gasteiger partial charge on any atom is 0.397 e. The van der Waals surface area contributed by atoms with Crippen LogP contribution in [0.1, 0.15) is 12.8 Å². The van der Waals surface area contributed by atoms with Gasteiger partial charge in [0, 0.05) is 12.2 Å². The lowest BCUT2D eigenvalue weighted by molar-refractivity contribution is -0.151. The SMILES string of the molecule is O=C(O)CCN(C(=O)CC(F)(F)F)c1ccccc1. The summed E-state index contributed by atoms with van der Waals surface area (Å²) in [6.07, 6.45) is -6.65. The van der Waals surface area contributed by atoms with Crippen LogP contribution in [-0.2, 0) is 9.59 Å². The minimum atomic E-state index is -4.62. The van der Waals surface area contributed by atoms with Gasteiger partial charge in [-0.2, -0.15) is 13.2 Å². The molecular weight excluding hydrogens is 263 g/mol. The first-order valence-corrected chi connectivity index (χ1v) is 5.43. The Kier molecular flexibility index (Phi) is 4.91. The summed E-state index contributed by atoms with van der Waals surface area (Å²) in [4.78, 5) is 22.9. The molecule has 0 heterocycles. The van der Waals surface area contributed by atoms with E-state index in [1.807, 2.05) is 0 Å². The predicted octanol–water partition coefficient (Wildman–Crippen LogP) is 2.45. The number of para-hydroxylation sites is 1. The van der Waals surface area contributed by atoms with Crippen LogP contribution in [0.25, 0.3) is 0 Å². The van der Waals surface area contributed by atoms with Crippen LogP contribution in [0.3, 0.4) is 0 Å². The third kappa shape index (κ3) is 5.41. The summed E-state index contributed by atoms with van der Waals surface area (Å²) in [6.45, 7) is -0.297. The molecule has 0 saturated heterocycles. The number of nitrogens with zero attached hydrogens (tertiary/aromatic N) is 1. The fourth-order valence-electron chi connectivity index (χ4n) is 1.48. The Bertz CT molecular complexity index is 445. The van der Waals surface area contributed by atoms with Crippen LogP contribution < -0.4 is 4.90 Å². The van der Waals surface area contributed by atoms with E-state index in [1.54, 1.807) is 18.2 Å². The third-order valence-electron chi connectivity index (χ3n) is 2.27. The number of benzene rings is 1. The first-order chi connectivity index (χ1) is 8.79. The highest BCUT2D eigenvalue weighted by atomic mass is 19.4. The van der Waals surface area contributed by atoms with Gasteiger partial charge in [-0.25, -0.2) is 0 Å². The Labute approximate surface area is 107 Å². The Morgan fingerprint density at radius 3 is 2.21 bits per heavy atom. The van der Waals surface area contributed by atoms with Crippen molar-refractivity contribution in [2.45, 2.75) is 19.0 Å². The predicted molar refractivity (Wildman–Crippen MR) is 61.7 cm³/mol. The molecule has 0 radical (unpaired) electrons. The lowest BCUT2D eigenvalue weighted by Gasteiger charge is -2.22. The molecule has 1 aromatic carbocycles. The summed E-state index contributed by atoms with van der Waals surface area (Å²) < 4.78 is 36.7. The zero-order chi connectivity index (χ0) is 14.5. The molecule has 0 bridgehead atoms. The first kappa shape index (κ1) is 15.0. The van der Waals surface area contributed by atoms with E-state index in [0.29, 0.717) is 0 Å². The van der Waals surface area contributed by atoms with E-state index in [9.17, 15) is 22.8 Å². The number of alkyl halides is 3. The van der Waals surface area contributed by atoms with E-state index in [4.69, 9.17) is 5.11 Å². The van der Waals surface area contributed by atoms with Crippen LogP contribution in [0.15, 0.2) is 30.3 Å². The number of anilines is 1. The van der Waals surface area contributed by atoms with Crippen molar-refractivity contribution in [1.29, 1.82) is 0 Å². The van der Waals surface area contributed by atoms with Gasteiger partial charge in [-0.05, 0) is 12.1 Å². The first-order valence-electron chi connectivity index (χ1n) is 5.43. The molecule has 1 N–H and O–H groups in total. The molecule has 0 unspecified atom stereocenters. The smallest absolute Gasteiger partial charge is 0.397 e. The van der Waals surface area contributed by atoms with Crippen LogP contribution in [0.4, 0.5) is 18.9 Å². The molecule has 7 heteroatoms. The number of hydrogen-bond acceptors (Lipinski definition) is 2. The number of hydrogen-bond donors (Lipinski definition) is 1. The number of aliphatic carboxylic acids is 1. The third-order valence-corrected chi connectivity index (χ3v) is 2.27. The minimum Gasteiger partial charge on any atom is -0.481 e. The minimum absolute atomic E-state index is 0.248. The van der Waals surface area contributed by atoms with Crippen molar-refractivity contribution >= 4 is 17.6 Å². The average Bonchev–Trinajstić information content (AvgIpc) is 2.27. The van der Waals surface area contributed by atoms with Crippen molar-refractivity contribution in [2.75, 3.05) is 11.4 Å². The highest BCUT2D eigenvalue weighted by molar-refractivity contribution is 5.94. The van der Waals surface area contributed by atoms with Crippen LogP contribution in [-0.4, -0.2) is 29.7 Å². The zero-order valence-corrected chi connectivity index (χ0v) is 9.85. The van der Waals surface area contributed by atoms with E-state index in [0.717, 1.165) is 4.90 Å². The van der Waals surface area contributed by atoms with Gasteiger partial charge in [0.1, 0.15) is 6.42 Å². The largest absolute Gasteiger partial charge is 0.481 e. The van der Waals surface area contributed by atoms with Gasteiger partial charge in [0.25, 0.3) is 0 Å². The summed E-state index contributed by atoms with van der Waals surface area (Å²) >= 11 is 0. The molecule has 19 heavy (non-hydrogen) atoms. The molecule has 1 rings (SSSR count).